The van der Waals surface area contributed by atoms with E-state index in [0.29, 0.717) is 6.42 Å². The number of hydroxylamine groups is 1. The number of nitrogens with zero attached hydrogens (tertiary/aromatic N) is 1. The number of alkyl halides is 3. The predicted octanol–water partition coefficient (Wildman–Crippen LogP) is 3.63. The molecular formula is C17H12F3NO3. The van der Waals surface area contributed by atoms with Crippen molar-refractivity contribution in [3.63, 3.8) is 0 Å². The molecule has 0 aliphatic heterocycles. The van der Waals surface area contributed by atoms with Gasteiger partial charge in [-0.3, -0.25) is 4.79 Å². The molecule has 124 valence electrons. The highest BCUT2D eigenvalue weighted by Crippen LogP contribution is 2.38. The molecule has 7 heteroatoms. The number of carbonyl (C=O) groups excluding carboxylic acids is 2. The highest BCUT2D eigenvalue weighted by atomic mass is 19.4. The Kier molecular flexibility index (Phi) is 3.79. The first-order valence-corrected chi connectivity index (χ1v) is 7.08. The zero-order valence-corrected chi connectivity index (χ0v) is 12.6. The molecule has 1 amide bonds. The smallest absolute Gasteiger partial charge is 0.333 e. The molecule has 0 aromatic heterocycles. The Balaban J connectivity index is 2.00. The lowest BCUT2D eigenvalue weighted by Gasteiger charge is -2.22. The van der Waals surface area contributed by atoms with E-state index in [0.717, 1.165) is 29.2 Å². The van der Waals surface area contributed by atoms with Crippen LogP contribution >= 0.6 is 0 Å². The molecular weight excluding hydrogens is 323 g/mol. The van der Waals surface area contributed by atoms with Crippen molar-refractivity contribution in [1.29, 1.82) is 0 Å². The van der Waals surface area contributed by atoms with E-state index in [9.17, 15) is 22.8 Å². The molecule has 0 N–H and O–H groups in total. The van der Waals surface area contributed by atoms with Gasteiger partial charge in [0.15, 0.2) is 0 Å². The van der Waals surface area contributed by atoms with Crippen molar-refractivity contribution in [2.75, 3.05) is 5.06 Å². The maximum absolute atomic E-state index is 12.7. The van der Waals surface area contributed by atoms with E-state index in [1.54, 1.807) is 6.07 Å². The molecule has 0 spiro atoms. The second kappa shape index (κ2) is 5.67. The molecule has 0 radical (unpaired) electrons. The summed E-state index contributed by atoms with van der Waals surface area (Å²) in [6.07, 6.45) is -4.62. The van der Waals surface area contributed by atoms with E-state index in [2.05, 4.69) is 4.84 Å². The third-order valence-corrected chi connectivity index (χ3v) is 3.66. The lowest BCUT2D eigenvalue weighted by molar-refractivity contribution is -0.180. The molecule has 24 heavy (non-hydrogen) atoms. The standard InChI is InChI=1S/C17H12F3NO3/c1-10(22)24-21(16(23)17(18,19)20)13-6-7-15-12(9-13)8-11-4-2-3-5-14(11)15/h2-7,9H,8H2,1H3. The van der Waals surface area contributed by atoms with Gasteiger partial charge in [-0.2, -0.15) is 13.2 Å². The number of rotatable bonds is 1. The number of anilines is 1. The summed E-state index contributed by atoms with van der Waals surface area (Å²) in [7, 11) is 0. The molecule has 2 aromatic rings. The summed E-state index contributed by atoms with van der Waals surface area (Å²) in [5, 5.41) is -0.00833. The number of amides is 1. The monoisotopic (exact) mass is 335 g/mol. The minimum Gasteiger partial charge on any atom is -0.333 e. The molecule has 1 aliphatic carbocycles. The minimum atomic E-state index is -5.16. The minimum absolute atomic E-state index is 0.00833. The van der Waals surface area contributed by atoms with Crippen molar-refractivity contribution in [2.24, 2.45) is 0 Å². The first kappa shape index (κ1) is 16.0. The normalized spacial score (nSPS) is 12.3. The lowest BCUT2D eigenvalue weighted by Crippen LogP contribution is -2.42. The number of fused-ring (bicyclic) bond motifs is 3. The molecule has 0 saturated heterocycles. The van der Waals surface area contributed by atoms with Crippen LogP contribution in [0, 0.1) is 0 Å². The SMILES string of the molecule is CC(=O)ON(C(=O)C(F)(F)F)c1ccc2c(c1)Cc1ccccc1-2. The number of benzene rings is 2. The van der Waals surface area contributed by atoms with Crippen LogP contribution in [0.3, 0.4) is 0 Å². The molecule has 0 fully saturated rings. The molecule has 0 bridgehead atoms. The van der Waals surface area contributed by atoms with Crippen LogP contribution in [-0.2, 0) is 20.8 Å². The molecule has 1 aliphatic rings. The van der Waals surface area contributed by atoms with E-state index < -0.39 is 18.1 Å². The van der Waals surface area contributed by atoms with Gasteiger partial charge in [-0.05, 0) is 40.8 Å². The van der Waals surface area contributed by atoms with Crippen LogP contribution in [0.25, 0.3) is 11.1 Å². The molecule has 3 rings (SSSR count). The van der Waals surface area contributed by atoms with Gasteiger partial charge in [0.1, 0.15) is 0 Å². The number of hydrogen-bond acceptors (Lipinski definition) is 3. The van der Waals surface area contributed by atoms with Gasteiger partial charge in [-0.1, -0.05) is 30.3 Å². The van der Waals surface area contributed by atoms with Gasteiger partial charge in [0.2, 0.25) is 0 Å². The second-order valence-electron chi connectivity index (χ2n) is 5.36. The Hall–Kier alpha value is -2.83. The zero-order chi connectivity index (χ0) is 17.5. The average Bonchev–Trinajstić information content (AvgIpc) is 2.88. The quantitative estimate of drug-likeness (QED) is 0.638. The second-order valence-corrected chi connectivity index (χ2v) is 5.36. The number of hydrogen-bond donors (Lipinski definition) is 0. The van der Waals surface area contributed by atoms with Crippen LogP contribution in [-0.4, -0.2) is 18.1 Å². The first-order chi connectivity index (χ1) is 11.3. The molecule has 0 unspecified atom stereocenters. The molecule has 0 heterocycles. The number of carbonyl (C=O) groups is 2. The van der Waals surface area contributed by atoms with E-state index in [4.69, 9.17) is 0 Å². The summed E-state index contributed by atoms with van der Waals surface area (Å²) in [5.74, 6) is -3.27. The van der Waals surface area contributed by atoms with Crippen LogP contribution in [0.4, 0.5) is 18.9 Å². The third kappa shape index (κ3) is 2.84. The Labute approximate surface area is 135 Å². The van der Waals surface area contributed by atoms with Crippen molar-refractivity contribution in [3.05, 3.63) is 53.6 Å². The predicted molar refractivity (Wildman–Crippen MR) is 80.0 cm³/mol. The fraction of sp³-hybridized carbons (Fsp3) is 0.176. The third-order valence-electron chi connectivity index (χ3n) is 3.66. The summed E-state index contributed by atoms with van der Waals surface area (Å²) < 4.78 is 38.2. The Bertz CT molecular complexity index is 830. The Morgan fingerprint density at radius 2 is 1.71 bits per heavy atom. The van der Waals surface area contributed by atoms with Gasteiger partial charge < -0.3 is 4.84 Å². The van der Waals surface area contributed by atoms with Gasteiger partial charge >= 0.3 is 18.1 Å². The summed E-state index contributed by atoms with van der Waals surface area (Å²) in [5.41, 5.74) is 3.56. The van der Waals surface area contributed by atoms with Crippen molar-refractivity contribution in [2.45, 2.75) is 19.5 Å². The fourth-order valence-electron chi connectivity index (χ4n) is 2.71. The first-order valence-electron chi connectivity index (χ1n) is 7.08. The topological polar surface area (TPSA) is 46.6 Å². The Morgan fingerprint density at radius 3 is 2.38 bits per heavy atom. The average molecular weight is 335 g/mol. The van der Waals surface area contributed by atoms with E-state index in [1.807, 2.05) is 24.3 Å². The Morgan fingerprint density at radius 1 is 1.04 bits per heavy atom. The maximum atomic E-state index is 12.7. The summed E-state index contributed by atoms with van der Waals surface area (Å²) in [6.45, 7) is 0.930. The van der Waals surface area contributed by atoms with E-state index in [1.165, 1.54) is 12.1 Å². The van der Waals surface area contributed by atoms with Crippen molar-refractivity contribution in [1.82, 2.24) is 0 Å². The zero-order valence-electron chi connectivity index (χ0n) is 12.6. The molecule has 2 aromatic carbocycles. The van der Waals surface area contributed by atoms with Gasteiger partial charge in [0.25, 0.3) is 0 Å². The fourth-order valence-corrected chi connectivity index (χ4v) is 2.71. The molecule has 0 atom stereocenters. The van der Waals surface area contributed by atoms with E-state index >= 15 is 0 Å². The van der Waals surface area contributed by atoms with Crippen LogP contribution < -0.4 is 5.06 Å². The highest BCUT2D eigenvalue weighted by Gasteiger charge is 2.45. The van der Waals surface area contributed by atoms with Crippen molar-refractivity contribution < 1.29 is 27.6 Å². The lowest BCUT2D eigenvalue weighted by atomic mass is 10.1. The largest absolute Gasteiger partial charge is 0.474 e. The maximum Gasteiger partial charge on any atom is 0.474 e. The summed E-state index contributed by atoms with van der Waals surface area (Å²) >= 11 is 0. The van der Waals surface area contributed by atoms with Gasteiger partial charge in [0.05, 0.1) is 5.69 Å². The van der Waals surface area contributed by atoms with Crippen LogP contribution in [0.15, 0.2) is 42.5 Å². The van der Waals surface area contributed by atoms with Crippen molar-refractivity contribution in [3.8, 4) is 11.1 Å². The molecule has 0 saturated carbocycles. The summed E-state index contributed by atoms with van der Waals surface area (Å²) in [4.78, 5) is 27.1. The van der Waals surface area contributed by atoms with Gasteiger partial charge in [-0.25, -0.2) is 4.79 Å². The van der Waals surface area contributed by atoms with Crippen LogP contribution in [0.5, 0.6) is 0 Å². The van der Waals surface area contributed by atoms with Crippen molar-refractivity contribution >= 4 is 17.6 Å². The summed E-state index contributed by atoms with van der Waals surface area (Å²) in [6, 6.07) is 12.0. The van der Waals surface area contributed by atoms with Gasteiger partial charge in [0, 0.05) is 6.92 Å². The number of halogens is 3. The van der Waals surface area contributed by atoms with Crippen LogP contribution in [0.2, 0.25) is 0 Å². The van der Waals surface area contributed by atoms with E-state index in [-0.39, 0.29) is 10.8 Å². The van der Waals surface area contributed by atoms with Crippen LogP contribution in [0.1, 0.15) is 18.1 Å². The van der Waals surface area contributed by atoms with Gasteiger partial charge in [-0.15, -0.1) is 5.06 Å². The molecule has 4 nitrogen and oxygen atoms in total. The highest BCUT2D eigenvalue weighted by molar-refractivity contribution is 5.97.